The fraction of sp³-hybridized carbons (Fsp3) is 0.318. The number of benzene rings is 1. The third-order valence-corrected chi connectivity index (χ3v) is 5.81. The molecule has 3 aromatic rings. The van der Waals surface area contributed by atoms with Crippen LogP contribution in [0.5, 0.6) is 5.75 Å². The van der Waals surface area contributed by atoms with Crippen molar-refractivity contribution in [2.75, 3.05) is 33.1 Å². The van der Waals surface area contributed by atoms with Crippen molar-refractivity contribution >= 4 is 22.9 Å². The molecule has 2 heterocycles. The third-order valence-electron chi connectivity index (χ3n) is 4.95. The molecule has 0 spiro atoms. The van der Waals surface area contributed by atoms with E-state index in [-0.39, 0.29) is 31.1 Å². The summed E-state index contributed by atoms with van der Waals surface area (Å²) in [5, 5.41) is 1.97. The lowest BCUT2D eigenvalue weighted by molar-refractivity contribution is 0.0918. The van der Waals surface area contributed by atoms with Crippen molar-refractivity contribution < 1.29 is 14.3 Å². The van der Waals surface area contributed by atoms with E-state index in [0.29, 0.717) is 18.8 Å². The van der Waals surface area contributed by atoms with E-state index in [9.17, 15) is 14.4 Å². The second-order valence-electron chi connectivity index (χ2n) is 7.12. The summed E-state index contributed by atoms with van der Waals surface area (Å²) in [6.07, 6.45) is 0. The van der Waals surface area contributed by atoms with Crippen LogP contribution in [0.3, 0.4) is 0 Å². The summed E-state index contributed by atoms with van der Waals surface area (Å²) >= 11 is 1.58. The number of ketones is 1. The van der Waals surface area contributed by atoms with Crippen molar-refractivity contribution in [3.05, 3.63) is 78.6 Å². The van der Waals surface area contributed by atoms with Crippen LogP contribution in [0.25, 0.3) is 0 Å². The van der Waals surface area contributed by atoms with Gasteiger partial charge in [0.1, 0.15) is 17.1 Å². The van der Waals surface area contributed by atoms with Crippen LogP contribution in [0.4, 0.5) is 5.82 Å². The van der Waals surface area contributed by atoms with Crippen molar-refractivity contribution in [1.82, 2.24) is 14.5 Å². The Kier molecular flexibility index (Phi) is 7.98. The summed E-state index contributed by atoms with van der Waals surface area (Å²) in [4.78, 5) is 42.9. The molecule has 170 valence electrons. The number of carbonyl (C=O) groups excluding carboxylic acids is 1. The van der Waals surface area contributed by atoms with E-state index < -0.39 is 17.0 Å². The van der Waals surface area contributed by atoms with E-state index in [4.69, 9.17) is 15.2 Å². The number of thiophene rings is 1. The molecular weight excluding hydrogens is 432 g/mol. The largest absolute Gasteiger partial charge is 0.496 e. The third kappa shape index (κ3) is 5.52. The van der Waals surface area contributed by atoms with Gasteiger partial charge in [-0.05, 0) is 17.5 Å². The molecule has 0 fully saturated rings. The molecule has 0 saturated heterocycles. The monoisotopic (exact) mass is 458 g/mol. The van der Waals surface area contributed by atoms with Gasteiger partial charge in [-0.1, -0.05) is 24.3 Å². The van der Waals surface area contributed by atoms with Gasteiger partial charge in [-0.25, -0.2) is 4.79 Å². The molecule has 1 aromatic carbocycles. The number of methoxy groups -OCH3 is 2. The number of nitrogen functional groups attached to an aromatic ring is 1. The Bertz CT molecular complexity index is 1170. The van der Waals surface area contributed by atoms with E-state index in [0.717, 1.165) is 15.0 Å². The molecule has 0 radical (unpaired) electrons. The first kappa shape index (κ1) is 23.5. The highest BCUT2D eigenvalue weighted by atomic mass is 32.1. The number of nitrogens with two attached hydrogens (primary N) is 1. The van der Waals surface area contributed by atoms with Crippen molar-refractivity contribution in [1.29, 1.82) is 0 Å². The van der Waals surface area contributed by atoms with Gasteiger partial charge in [-0.2, -0.15) is 0 Å². The topological polar surface area (TPSA) is 120 Å². The van der Waals surface area contributed by atoms with Crippen molar-refractivity contribution in [2.24, 2.45) is 0 Å². The number of nitrogens with one attached hydrogen (secondary N) is 1. The number of ether oxygens (including phenoxy) is 2. The number of anilines is 1. The van der Waals surface area contributed by atoms with E-state index in [1.54, 1.807) is 18.4 Å². The lowest BCUT2D eigenvalue weighted by Crippen LogP contribution is -2.39. The zero-order valence-corrected chi connectivity index (χ0v) is 18.8. The maximum Gasteiger partial charge on any atom is 0.330 e. The van der Waals surface area contributed by atoms with Crippen molar-refractivity contribution in [3.63, 3.8) is 0 Å². The summed E-state index contributed by atoms with van der Waals surface area (Å²) in [5.41, 5.74) is 5.28. The zero-order valence-electron chi connectivity index (χ0n) is 18.0. The smallest absolute Gasteiger partial charge is 0.330 e. The molecule has 0 bridgehead atoms. The van der Waals surface area contributed by atoms with Crippen molar-refractivity contribution in [3.8, 4) is 5.75 Å². The van der Waals surface area contributed by atoms with E-state index in [1.807, 2.05) is 46.7 Å². The van der Waals surface area contributed by atoms with Gasteiger partial charge in [0.05, 0.1) is 26.8 Å². The quantitative estimate of drug-likeness (QED) is 0.420. The number of hydrogen-bond donors (Lipinski definition) is 2. The Morgan fingerprint density at radius 1 is 1.16 bits per heavy atom. The van der Waals surface area contributed by atoms with Gasteiger partial charge in [0.15, 0.2) is 5.78 Å². The molecular formula is C22H26N4O5S. The predicted molar refractivity (Wildman–Crippen MR) is 123 cm³/mol. The summed E-state index contributed by atoms with van der Waals surface area (Å²) in [6, 6.07) is 11.5. The highest BCUT2D eigenvalue weighted by Gasteiger charge is 2.22. The van der Waals surface area contributed by atoms with Gasteiger partial charge in [-0.15, -0.1) is 11.3 Å². The first-order chi connectivity index (χ1) is 15.4. The van der Waals surface area contributed by atoms with Gasteiger partial charge in [0.2, 0.25) is 0 Å². The van der Waals surface area contributed by atoms with E-state index >= 15 is 0 Å². The average Bonchev–Trinajstić information content (AvgIpc) is 3.26. The molecule has 3 N–H and O–H groups in total. The molecule has 0 atom stereocenters. The number of rotatable bonds is 11. The number of nitrogens with zero attached hydrogens (tertiary/aromatic N) is 2. The second kappa shape index (κ2) is 10.9. The Morgan fingerprint density at radius 2 is 1.94 bits per heavy atom. The number of H-pyrrole nitrogens is 1. The lowest BCUT2D eigenvalue weighted by Gasteiger charge is -2.22. The Labute approximate surface area is 189 Å². The molecule has 0 saturated carbocycles. The van der Waals surface area contributed by atoms with Crippen LogP contribution >= 0.6 is 11.3 Å². The Morgan fingerprint density at radius 3 is 2.62 bits per heavy atom. The predicted octanol–water partition coefficient (Wildman–Crippen LogP) is 1.72. The molecule has 2 aromatic heterocycles. The number of aromatic nitrogens is 2. The highest BCUT2D eigenvalue weighted by Crippen LogP contribution is 2.22. The van der Waals surface area contributed by atoms with Gasteiger partial charge in [0.25, 0.3) is 5.56 Å². The van der Waals surface area contributed by atoms with Crippen LogP contribution in [0, 0.1) is 0 Å². The maximum absolute atomic E-state index is 13.2. The van der Waals surface area contributed by atoms with Crippen LogP contribution in [0.1, 0.15) is 20.8 Å². The number of aromatic amines is 1. The lowest BCUT2D eigenvalue weighted by atomic mass is 10.1. The van der Waals surface area contributed by atoms with Gasteiger partial charge >= 0.3 is 5.69 Å². The minimum Gasteiger partial charge on any atom is -0.496 e. The van der Waals surface area contributed by atoms with Gasteiger partial charge < -0.3 is 15.2 Å². The van der Waals surface area contributed by atoms with Crippen molar-refractivity contribution in [2.45, 2.75) is 19.6 Å². The average molecular weight is 459 g/mol. The minimum absolute atomic E-state index is 0.0638. The molecule has 9 nitrogen and oxygen atoms in total. The Balaban J connectivity index is 1.91. The molecule has 10 heteroatoms. The highest BCUT2D eigenvalue weighted by molar-refractivity contribution is 7.09. The van der Waals surface area contributed by atoms with E-state index in [2.05, 4.69) is 4.98 Å². The maximum atomic E-state index is 13.2. The summed E-state index contributed by atoms with van der Waals surface area (Å²) in [6.45, 7) is 1.20. The van der Waals surface area contributed by atoms with Crippen LogP contribution in [-0.4, -0.2) is 47.6 Å². The number of para-hydroxylation sites is 1. The molecule has 0 aliphatic carbocycles. The second-order valence-corrected chi connectivity index (χ2v) is 8.16. The fourth-order valence-electron chi connectivity index (χ4n) is 3.41. The number of hydrogen-bond acceptors (Lipinski definition) is 8. The molecule has 0 aliphatic rings. The molecule has 0 aliphatic heterocycles. The normalized spacial score (nSPS) is 11.1. The first-order valence-electron chi connectivity index (χ1n) is 9.96. The molecule has 32 heavy (non-hydrogen) atoms. The van der Waals surface area contributed by atoms with Gasteiger partial charge in [0, 0.05) is 30.6 Å². The zero-order chi connectivity index (χ0) is 23.1. The summed E-state index contributed by atoms with van der Waals surface area (Å²) < 4.78 is 11.6. The van der Waals surface area contributed by atoms with Crippen LogP contribution < -0.4 is 21.7 Å². The van der Waals surface area contributed by atoms with Gasteiger partial charge in [-0.3, -0.25) is 24.0 Å². The number of Topliss-reactive ketones (excluding diaryl/α,β-unsaturated/α-hetero) is 1. The summed E-state index contributed by atoms with van der Waals surface area (Å²) in [5.74, 6) is 0.0807. The summed E-state index contributed by atoms with van der Waals surface area (Å²) in [7, 11) is 3.08. The Hall–Kier alpha value is -3.21. The first-order valence-corrected chi connectivity index (χ1v) is 10.8. The number of carbonyl (C=O) groups is 1. The fourth-order valence-corrected chi connectivity index (χ4v) is 4.16. The standard InChI is InChI=1S/C22H26N4O5S/c1-30-10-9-26-20(23)19(21(28)24-22(26)29)17(27)14-25(13-16-7-5-11-32-16)12-15-6-3-4-8-18(15)31-2/h3-8,11H,9-10,12-14,23H2,1-2H3,(H,24,28,29). The van der Waals surface area contributed by atoms with Crippen LogP contribution in [0.2, 0.25) is 0 Å². The minimum atomic E-state index is -0.792. The van der Waals surface area contributed by atoms with Crippen LogP contribution in [-0.2, 0) is 24.4 Å². The molecule has 0 amide bonds. The molecule has 3 rings (SSSR count). The SMILES string of the molecule is COCCn1c(N)c(C(=O)CN(Cc2cccs2)Cc2ccccc2OC)c(=O)[nH]c1=O. The van der Waals surface area contributed by atoms with E-state index in [1.165, 1.54) is 7.11 Å². The molecule has 0 unspecified atom stereocenters. The van der Waals surface area contributed by atoms with Crippen LogP contribution in [0.15, 0.2) is 51.4 Å².